The zero-order chi connectivity index (χ0) is 12.8. The maximum Gasteiger partial charge on any atom is 0.226 e. The Morgan fingerprint density at radius 3 is 2.89 bits per heavy atom. The molecule has 0 fully saturated rings. The van der Waals surface area contributed by atoms with E-state index in [1.54, 1.807) is 11.8 Å². The number of thiazole rings is 1. The highest BCUT2D eigenvalue weighted by Crippen LogP contribution is 2.24. The van der Waals surface area contributed by atoms with Gasteiger partial charge in [0.2, 0.25) is 5.91 Å². The number of hydrogen-bond donors (Lipinski definition) is 1. The molecule has 0 aliphatic rings. The summed E-state index contributed by atoms with van der Waals surface area (Å²) in [6, 6.07) is 9.94. The van der Waals surface area contributed by atoms with Gasteiger partial charge in [-0.25, -0.2) is 4.98 Å². The molecule has 1 aromatic heterocycles. The monoisotopic (exact) mass is 278 g/mol. The van der Waals surface area contributed by atoms with Crippen LogP contribution in [0.2, 0.25) is 0 Å². The van der Waals surface area contributed by atoms with Crippen LogP contribution in [-0.4, -0.2) is 22.9 Å². The van der Waals surface area contributed by atoms with Crippen LogP contribution in [0.25, 0.3) is 11.3 Å². The lowest BCUT2D eigenvalue weighted by molar-refractivity contribution is -0.115. The predicted octanol–water partition coefficient (Wildman–Crippen LogP) is 3.50. The lowest BCUT2D eigenvalue weighted by atomic mass is 10.2. The number of carbonyl (C=O) groups is 1. The Morgan fingerprint density at radius 1 is 1.39 bits per heavy atom. The van der Waals surface area contributed by atoms with Gasteiger partial charge in [0.1, 0.15) is 0 Å². The normalized spacial score (nSPS) is 10.3. The molecule has 0 atom stereocenters. The van der Waals surface area contributed by atoms with Crippen molar-refractivity contribution in [2.45, 2.75) is 6.42 Å². The quantitative estimate of drug-likeness (QED) is 0.910. The molecule has 1 aromatic carbocycles. The molecule has 1 heterocycles. The Labute approximate surface area is 115 Å². The summed E-state index contributed by atoms with van der Waals surface area (Å²) < 4.78 is 0. The van der Waals surface area contributed by atoms with Crippen molar-refractivity contribution in [2.75, 3.05) is 17.3 Å². The summed E-state index contributed by atoms with van der Waals surface area (Å²) in [4.78, 5) is 16.0. The van der Waals surface area contributed by atoms with Gasteiger partial charge in [-0.15, -0.1) is 11.3 Å². The molecule has 0 unspecified atom stereocenters. The predicted molar refractivity (Wildman–Crippen MR) is 79.2 cm³/mol. The first-order chi connectivity index (χ1) is 8.79. The van der Waals surface area contributed by atoms with Gasteiger partial charge >= 0.3 is 0 Å². The van der Waals surface area contributed by atoms with Crippen LogP contribution >= 0.6 is 23.1 Å². The van der Waals surface area contributed by atoms with Crippen LogP contribution in [0.1, 0.15) is 6.42 Å². The Kier molecular flexibility index (Phi) is 4.78. The van der Waals surface area contributed by atoms with Gasteiger partial charge in [-0.05, 0) is 6.26 Å². The summed E-state index contributed by atoms with van der Waals surface area (Å²) in [6.07, 6.45) is 2.52. The van der Waals surface area contributed by atoms with Crippen molar-refractivity contribution < 1.29 is 4.79 Å². The molecule has 3 nitrogen and oxygen atoms in total. The number of thioether (sulfide) groups is 1. The number of nitrogens with zero attached hydrogens (tertiary/aromatic N) is 1. The minimum Gasteiger partial charge on any atom is -0.302 e. The number of benzene rings is 1. The minimum absolute atomic E-state index is 0.0262. The fraction of sp³-hybridized carbons (Fsp3) is 0.231. The third-order valence-corrected chi connectivity index (χ3v) is 3.72. The first-order valence-corrected chi connectivity index (χ1v) is 7.86. The van der Waals surface area contributed by atoms with Crippen molar-refractivity contribution >= 4 is 34.1 Å². The molecule has 0 aliphatic carbocycles. The molecule has 0 saturated carbocycles. The van der Waals surface area contributed by atoms with E-state index in [-0.39, 0.29) is 5.91 Å². The molecule has 1 N–H and O–H groups in total. The molecule has 2 aromatic rings. The van der Waals surface area contributed by atoms with Crippen LogP contribution in [0.15, 0.2) is 35.7 Å². The van der Waals surface area contributed by atoms with Gasteiger partial charge < -0.3 is 5.32 Å². The second-order valence-corrected chi connectivity index (χ2v) is 5.54. The van der Waals surface area contributed by atoms with Crippen LogP contribution in [0.3, 0.4) is 0 Å². The number of aromatic nitrogens is 1. The summed E-state index contributed by atoms with van der Waals surface area (Å²) >= 11 is 3.12. The molecular formula is C13H14N2OS2. The highest BCUT2D eigenvalue weighted by molar-refractivity contribution is 7.98. The van der Waals surface area contributed by atoms with E-state index >= 15 is 0 Å². The van der Waals surface area contributed by atoms with E-state index in [1.807, 2.05) is 42.0 Å². The maximum absolute atomic E-state index is 11.6. The average Bonchev–Trinajstić information content (AvgIpc) is 2.86. The molecule has 18 heavy (non-hydrogen) atoms. The SMILES string of the molecule is CSCCC(=O)Nc1nc(-c2ccccc2)cs1. The molecule has 0 bridgehead atoms. The molecule has 0 radical (unpaired) electrons. The fourth-order valence-corrected chi connectivity index (χ4v) is 2.57. The van der Waals surface area contributed by atoms with Crippen LogP contribution in [0.5, 0.6) is 0 Å². The third kappa shape index (κ3) is 3.58. The Morgan fingerprint density at radius 2 is 2.17 bits per heavy atom. The second-order valence-electron chi connectivity index (χ2n) is 3.69. The second kappa shape index (κ2) is 6.56. The van der Waals surface area contributed by atoms with Gasteiger partial charge in [-0.3, -0.25) is 4.79 Å². The first-order valence-electron chi connectivity index (χ1n) is 5.59. The van der Waals surface area contributed by atoms with Crippen molar-refractivity contribution in [2.24, 2.45) is 0 Å². The van der Waals surface area contributed by atoms with Crippen molar-refractivity contribution in [3.8, 4) is 11.3 Å². The molecule has 2 rings (SSSR count). The number of amides is 1. The number of nitrogens with one attached hydrogen (secondary N) is 1. The van der Waals surface area contributed by atoms with Gasteiger partial charge in [0.25, 0.3) is 0 Å². The largest absolute Gasteiger partial charge is 0.302 e. The molecule has 94 valence electrons. The van der Waals surface area contributed by atoms with E-state index in [1.165, 1.54) is 11.3 Å². The Bertz CT molecular complexity index is 511. The van der Waals surface area contributed by atoms with E-state index in [4.69, 9.17) is 0 Å². The van der Waals surface area contributed by atoms with E-state index in [9.17, 15) is 4.79 Å². The molecule has 1 amide bonds. The molecule has 0 saturated heterocycles. The highest BCUT2D eigenvalue weighted by Gasteiger charge is 2.07. The molecule has 5 heteroatoms. The summed E-state index contributed by atoms with van der Waals surface area (Å²) in [6.45, 7) is 0. The Hall–Kier alpha value is -1.33. The number of anilines is 1. The van der Waals surface area contributed by atoms with Gasteiger partial charge in [0, 0.05) is 23.1 Å². The van der Waals surface area contributed by atoms with Gasteiger partial charge in [-0.2, -0.15) is 11.8 Å². The zero-order valence-corrected chi connectivity index (χ0v) is 11.7. The molecule has 0 aliphatic heterocycles. The van der Waals surface area contributed by atoms with Crippen molar-refractivity contribution in [3.05, 3.63) is 35.7 Å². The van der Waals surface area contributed by atoms with E-state index < -0.39 is 0 Å². The number of rotatable bonds is 5. The molecule has 0 spiro atoms. The van der Waals surface area contributed by atoms with Crippen molar-refractivity contribution in [1.29, 1.82) is 0 Å². The average molecular weight is 278 g/mol. The topological polar surface area (TPSA) is 42.0 Å². The maximum atomic E-state index is 11.6. The van der Waals surface area contributed by atoms with Crippen LogP contribution < -0.4 is 5.32 Å². The summed E-state index contributed by atoms with van der Waals surface area (Å²) in [5.74, 6) is 0.862. The summed E-state index contributed by atoms with van der Waals surface area (Å²) in [5, 5.41) is 5.45. The lowest BCUT2D eigenvalue weighted by Crippen LogP contribution is -2.11. The summed E-state index contributed by atoms with van der Waals surface area (Å²) in [7, 11) is 0. The van der Waals surface area contributed by atoms with Gasteiger partial charge in [0.15, 0.2) is 5.13 Å². The van der Waals surface area contributed by atoms with E-state index in [0.29, 0.717) is 11.6 Å². The van der Waals surface area contributed by atoms with E-state index in [2.05, 4.69) is 10.3 Å². The standard InChI is InChI=1S/C13H14N2OS2/c1-17-8-7-12(16)15-13-14-11(9-18-13)10-5-3-2-4-6-10/h2-6,9H,7-8H2,1H3,(H,14,15,16). The highest BCUT2D eigenvalue weighted by atomic mass is 32.2. The van der Waals surface area contributed by atoms with Crippen LogP contribution in [-0.2, 0) is 4.79 Å². The summed E-state index contributed by atoms with van der Waals surface area (Å²) in [5.41, 5.74) is 1.97. The van der Waals surface area contributed by atoms with Crippen molar-refractivity contribution in [1.82, 2.24) is 4.98 Å². The fourth-order valence-electron chi connectivity index (χ4n) is 1.45. The minimum atomic E-state index is 0.0262. The van der Waals surface area contributed by atoms with Crippen LogP contribution in [0.4, 0.5) is 5.13 Å². The smallest absolute Gasteiger partial charge is 0.226 e. The number of carbonyl (C=O) groups excluding carboxylic acids is 1. The Balaban J connectivity index is 2.00. The van der Waals surface area contributed by atoms with Gasteiger partial charge in [-0.1, -0.05) is 30.3 Å². The number of hydrogen-bond acceptors (Lipinski definition) is 4. The third-order valence-electron chi connectivity index (χ3n) is 2.35. The zero-order valence-electron chi connectivity index (χ0n) is 10.1. The first kappa shape index (κ1) is 13.1. The lowest BCUT2D eigenvalue weighted by Gasteiger charge is -1.99. The van der Waals surface area contributed by atoms with Gasteiger partial charge in [0.05, 0.1) is 5.69 Å². The molecular weight excluding hydrogens is 264 g/mol. The van der Waals surface area contributed by atoms with E-state index in [0.717, 1.165) is 17.0 Å². The van der Waals surface area contributed by atoms with Crippen molar-refractivity contribution in [3.63, 3.8) is 0 Å². The van der Waals surface area contributed by atoms with Crippen LogP contribution in [0, 0.1) is 0 Å².